The summed E-state index contributed by atoms with van der Waals surface area (Å²) in [6.45, 7) is 5.28. The molecule has 5 atom stereocenters. The molecule has 232 valence electrons. The van der Waals surface area contributed by atoms with Crippen LogP contribution in [-0.2, 0) is 23.9 Å². The second-order valence-corrected chi connectivity index (χ2v) is 13.0. The van der Waals surface area contributed by atoms with Gasteiger partial charge in [-0.25, -0.2) is 4.39 Å². The average Bonchev–Trinajstić information content (AvgIpc) is 3.24. The van der Waals surface area contributed by atoms with Gasteiger partial charge in [-0.05, 0) is 64.5 Å². The Morgan fingerprint density at radius 2 is 2.00 bits per heavy atom. The number of aromatic nitrogens is 1. The van der Waals surface area contributed by atoms with Gasteiger partial charge in [0.05, 0.1) is 24.4 Å². The van der Waals surface area contributed by atoms with Crippen LogP contribution in [0.15, 0.2) is 34.8 Å². The number of halogens is 1. The van der Waals surface area contributed by atoms with E-state index in [9.17, 15) is 28.7 Å². The van der Waals surface area contributed by atoms with E-state index in [1.807, 2.05) is 12.2 Å². The number of carboxylic acids is 1. The molecule has 3 aliphatic rings. The fraction of sp³-hybridized carbons (Fsp3) is 0.594. The van der Waals surface area contributed by atoms with Crippen LogP contribution < -0.4 is 4.74 Å². The third kappa shape index (κ3) is 6.91. The topological polar surface area (TPSA) is 136 Å². The summed E-state index contributed by atoms with van der Waals surface area (Å²) in [5.74, 6) is -3.82. The number of aliphatic carboxylic acids is 1. The fourth-order valence-corrected chi connectivity index (χ4v) is 6.28. The third-order valence-electron chi connectivity index (χ3n) is 8.56. The van der Waals surface area contributed by atoms with Gasteiger partial charge in [-0.2, -0.15) is 4.98 Å². The molecular weight excluding hydrogens is 559 g/mol. The minimum atomic E-state index is -1.20. The van der Waals surface area contributed by atoms with Crippen molar-refractivity contribution in [2.75, 3.05) is 6.54 Å². The fourth-order valence-electron chi connectivity index (χ4n) is 6.28. The molecule has 1 saturated heterocycles. The molecule has 2 fully saturated rings. The van der Waals surface area contributed by atoms with Crippen LogP contribution in [0.5, 0.6) is 6.08 Å². The number of allylic oxidation sites excluding steroid dienone is 2. The van der Waals surface area contributed by atoms with Crippen LogP contribution in [0.2, 0.25) is 0 Å². The molecule has 3 heterocycles. The number of rotatable bonds is 5. The molecule has 2 aromatic rings. The van der Waals surface area contributed by atoms with Gasteiger partial charge in [0.15, 0.2) is 17.2 Å². The molecule has 0 unspecified atom stereocenters. The van der Waals surface area contributed by atoms with Gasteiger partial charge >= 0.3 is 18.0 Å². The molecule has 2 aliphatic heterocycles. The number of carbonyl (C=O) groups excluding carboxylic acids is 3. The lowest BCUT2D eigenvalue weighted by molar-refractivity contribution is -0.159. The Bertz CT molecular complexity index is 1430. The second-order valence-electron chi connectivity index (χ2n) is 13.0. The summed E-state index contributed by atoms with van der Waals surface area (Å²) in [7, 11) is 0. The van der Waals surface area contributed by atoms with E-state index in [1.165, 1.54) is 17.0 Å². The molecule has 1 N–H and O–H groups in total. The molecule has 5 rings (SSSR count). The van der Waals surface area contributed by atoms with Gasteiger partial charge in [-0.15, -0.1) is 0 Å². The lowest BCUT2D eigenvalue weighted by Crippen LogP contribution is -2.45. The van der Waals surface area contributed by atoms with Crippen molar-refractivity contribution in [1.29, 1.82) is 0 Å². The SMILES string of the molecule is CC(C)(C)OC(=O)C[C@H]1CCCCC/C=C\[C@H]2C[C@@]2(C(=O)O)CC(=O)[C@@H]2C[C@@H](Oc3nc4cccc(F)c4o3)CN2C1=O. The molecule has 11 heteroatoms. The first kappa shape index (κ1) is 30.7. The molecule has 1 aromatic heterocycles. The van der Waals surface area contributed by atoms with Crippen LogP contribution in [0, 0.1) is 23.1 Å². The number of ether oxygens (including phenoxy) is 2. The van der Waals surface area contributed by atoms with Gasteiger partial charge in [0.1, 0.15) is 17.2 Å². The highest BCUT2D eigenvalue weighted by Gasteiger charge is 2.61. The van der Waals surface area contributed by atoms with E-state index in [0.717, 1.165) is 19.3 Å². The largest absolute Gasteiger partial charge is 0.481 e. The highest BCUT2D eigenvalue weighted by Crippen LogP contribution is 2.57. The van der Waals surface area contributed by atoms with Crippen molar-refractivity contribution in [3.63, 3.8) is 0 Å². The van der Waals surface area contributed by atoms with Crippen molar-refractivity contribution in [2.24, 2.45) is 17.3 Å². The first-order valence-corrected chi connectivity index (χ1v) is 15.0. The first-order valence-electron chi connectivity index (χ1n) is 15.0. The molecule has 1 aromatic carbocycles. The highest BCUT2D eigenvalue weighted by molar-refractivity contribution is 5.95. The van der Waals surface area contributed by atoms with E-state index in [0.29, 0.717) is 19.3 Å². The van der Waals surface area contributed by atoms with Crippen molar-refractivity contribution < 1.29 is 42.6 Å². The van der Waals surface area contributed by atoms with Crippen molar-refractivity contribution in [1.82, 2.24) is 9.88 Å². The Morgan fingerprint density at radius 3 is 2.72 bits per heavy atom. The zero-order valence-corrected chi connectivity index (χ0v) is 24.8. The maximum absolute atomic E-state index is 14.2. The van der Waals surface area contributed by atoms with E-state index in [4.69, 9.17) is 13.9 Å². The van der Waals surface area contributed by atoms with E-state index in [1.54, 1.807) is 26.8 Å². The van der Waals surface area contributed by atoms with Crippen molar-refractivity contribution in [3.05, 3.63) is 36.2 Å². The molecule has 1 amide bonds. The number of oxazole rings is 1. The summed E-state index contributed by atoms with van der Waals surface area (Å²) in [5.41, 5.74) is -1.72. The van der Waals surface area contributed by atoms with Crippen LogP contribution in [-0.4, -0.2) is 62.9 Å². The second kappa shape index (κ2) is 12.1. The average molecular weight is 599 g/mol. The van der Waals surface area contributed by atoms with Crippen molar-refractivity contribution in [3.8, 4) is 6.08 Å². The van der Waals surface area contributed by atoms with Crippen LogP contribution in [0.3, 0.4) is 0 Å². The standard InChI is InChI=1S/C32H39FN2O8/c1-31(2,3)43-26(37)14-19-10-7-5-4-6-8-11-20-16-32(20,29(39)40)17-25(36)24-15-21(18-35(24)28(19)38)41-30-34-23-13-9-12-22(33)27(23)42-30/h8-9,11-13,19-21,24H,4-7,10,14-18H2,1-3H3,(H,39,40)/b11-8-/t19-,20+,21-,24+,32-/m1/s1. The molecule has 0 bridgehead atoms. The number of para-hydroxylation sites is 1. The van der Waals surface area contributed by atoms with Gasteiger partial charge < -0.3 is 23.9 Å². The number of fused-ring (bicyclic) bond motifs is 3. The molecule has 0 radical (unpaired) electrons. The Kier molecular flexibility index (Phi) is 8.63. The van der Waals surface area contributed by atoms with Crippen molar-refractivity contribution >= 4 is 34.7 Å². The minimum absolute atomic E-state index is 0.00463. The van der Waals surface area contributed by atoms with Crippen molar-refractivity contribution in [2.45, 2.75) is 96.3 Å². The predicted molar refractivity (Wildman–Crippen MR) is 152 cm³/mol. The predicted octanol–water partition coefficient (Wildman–Crippen LogP) is 5.23. The zero-order chi connectivity index (χ0) is 30.9. The number of amides is 1. The summed E-state index contributed by atoms with van der Waals surface area (Å²) in [4.78, 5) is 58.7. The lowest BCUT2D eigenvalue weighted by atomic mass is 9.91. The summed E-state index contributed by atoms with van der Waals surface area (Å²) in [6.07, 6.45) is 6.70. The molecule has 1 aliphatic carbocycles. The quantitative estimate of drug-likeness (QED) is 0.362. The summed E-state index contributed by atoms with van der Waals surface area (Å²) < 4.78 is 31.1. The van der Waals surface area contributed by atoms with E-state index >= 15 is 0 Å². The monoisotopic (exact) mass is 598 g/mol. The summed E-state index contributed by atoms with van der Waals surface area (Å²) in [5, 5.41) is 10.1. The molecule has 43 heavy (non-hydrogen) atoms. The Balaban J connectivity index is 1.42. The van der Waals surface area contributed by atoms with Gasteiger partial charge in [0.25, 0.3) is 0 Å². The van der Waals surface area contributed by atoms with Gasteiger partial charge in [0, 0.05) is 18.8 Å². The normalized spacial score (nSPS) is 29.3. The van der Waals surface area contributed by atoms with Gasteiger partial charge in [-0.1, -0.05) is 31.1 Å². The van der Waals surface area contributed by atoms with Gasteiger partial charge in [0.2, 0.25) is 5.91 Å². The number of carbonyl (C=O) groups is 4. The summed E-state index contributed by atoms with van der Waals surface area (Å²) >= 11 is 0. The Morgan fingerprint density at radius 1 is 1.21 bits per heavy atom. The van der Waals surface area contributed by atoms with E-state index in [2.05, 4.69) is 4.98 Å². The number of carboxylic acid groups (broad SMARTS) is 1. The van der Waals surface area contributed by atoms with E-state index < -0.39 is 46.8 Å². The number of nitrogens with zero attached hydrogens (tertiary/aromatic N) is 2. The lowest BCUT2D eigenvalue weighted by Gasteiger charge is -2.29. The number of benzene rings is 1. The number of hydrogen-bond donors (Lipinski definition) is 1. The highest BCUT2D eigenvalue weighted by atomic mass is 19.1. The minimum Gasteiger partial charge on any atom is -0.481 e. The number of ketones is 1. The maximum atomic E-state index is 14.2. The first-order chi connectivity index (χ1) is 20.4. The van der Waals surface area contributed by atoms with Crippen LogP contribution in [0.4, 0.5) is 4.39 Å². The smallest absolute Gasteiger partial charge is 0.395 e. The number of esters is 1. The maximum Gasteiger partial charge on any atom is 0.395 e. The number of Topliss-reactive ketones (excluding diaryl/α,β-unsaturated/α-hetero) is 1. The molecule has 0 spiro atoms. The van der Waals surface area contributed by atoms with Crippen LogP contribution >= 0.6 is 0 Å². The third-order valence-corrected chi connectivity index (χ3v) is 8.56. The molecule has 10 nitrogen and oxygen atoms in total. The molecule has 1 saturated carbocycles. The van der Waals surface area contributed by atoms with E-state index in [-0.39, 0.29) is 60.6 Å². The Labute approximate surface area is 249 Å². The van der Waals surface area contributed by atoms with Crippen LogP contribution in [0.25, 0.3) is 11.1 Å². The zero-order valence-electron chi connectivity index (χ0n) is 24.8. The number of hydrogen-bond acceptors (Lipinski definition) is 8. The Hall–Kier alpha value is -3.76. The molecular formula is C32H39FN2O8. The summed E-state index contributed by atoms with van der Waals surface area (Å²) in [6, 6.07) is 3.36. The van der Waals surface area contributed by atoms with Gasteiger partial charge in [-0.3, -0.25) is 19.2 Å². The van der Waals surface area contributed by atoms with Crippen LogP contribution in [0.1, 0.15) is 78.6 Å².